The maximum Gasteiger partial charge on any atom is 0.387 e. The second-order valence-corrected chi connectivity index (χ2v) is 4.27. The highest BCUT2D eigenvalue weighted by molar-refractivity contribution is 6.00. The molecule has 2 aromatic rings. The topological polar surface area (TPSA) is 39.2 Å². The van der Waals surface area contributed by atoms with Gasteiger partial charge in [0.2, 0.25) is 0 Å². The highest BCUT2D eigenvalue weighted by Crippen LogP contribution is 2.22. The largest absolute Gasteiger partial charge is 0.435 e. The van der Waals surface area contributed by atoms with E-state index in [2.05, 4.69) is 9.72 Å². The van der Waals surface area contributed by atoms with E-state index < -0.39 is 6.61 Å². The lowest BCUT2D eigenvalue weighted by Gasteiger charge is -2.11. The summed E-state index contributed by atoms with van der Waals surface area (Å²) >= 11 is 0. The fourth-order valence-electron chi connectivity index (χ4n) is 1.85. The minimum absolute atomic E-state index is 0.0353. The van der Waals surface area contributed by atoms with Gasteiger partial charge in [-0.25, -0.2) is 0 Å². The summed E-state index contributed by atoms with van der Waals surface area (Å²) < 4.78 is 28.3. The monoisotopic (exact) mass is 277 g/mol. The third-order valence-electron chi connectivity index (χ3n) is 2.96. The van der Waals surface area contributed by atoms with E-state index in [1.165, 1.54) is 24.3 Å². The molecule has 1 atom stereocenters. The van der Waals surface area contributed by atoms with Crippen LogP contribution in [0.3, 0.4) is 0 Å². The Bertz CT molecular complexity index is 570. The molecule has 3 nitrogen and oxygen atoms in total. The van der Waals surface area contributed by atoms with Crippen molar-refractivity contribution in [3.8, 4) is 5.75 Å². The van der Waals surface area contributed by atoms with E-state index in [1.807, 2.05) is 0 Å². The zero-order valence-corrected chi connectivity index (χ0v) is 10.8. The summed E-state index contributed by atoms with van der Waals surface area (Å²) in [6.45, 7) is -1.08. The van der Waals surface area contributed by atoms with Gasteiger partial charge >= 0.3 is 6.61 Å². The second kappa shape index (κ2) is 6.23. The molecule has 0 saturated carbocycles. The second-order valence-electron chi connectivity index (χ2n) is 4.27. The van der Waals surface area contributed by atoms with Gasteiger partial charge < -0.3 is 4.74 Å². The highest BCUT2D eigenvalue weighted by Gasteiger charge is 2.17. The molecule has 0 spiro atoms. The molecule has 0 aliphatic rings. The van der Waals surface area contributed by atoms with Crippen LogP contribution in [0, 0.1) is 0 Å². The number of halogens is 2. The zero-order valence-electron chi connectivity index (χ0n) is 10.8. The molecule has 0 fully saturated rings. The molecule has 0 amide bonds. The van der Waals surface area contributed by atoms with Gasteiger partial charge in [0.25, 0.3) is 0 Å². The molecule has 1 aromatic carbocycles. The third kappa shape index (κ3) is 3.38. The minimum atomic E-state index is -2.87. The van der Waals surface area contributed by atoms with Crippen LogP contribution in [-0.4, -0.2) is 17.4 Å². The lowest BCUT2D eigenvalue weighted by atomic mass is 9.93. The van der Waals surface area contributed by atoms with Crippen molar-refractivity contribution >= 4 is 5.78 Å². The molecule has 1 aromatic heterocycles. The van der Waals surface area contributed by atoms with E-state index >= 15 is 0 Å². The number of hydrogen-bond acceptors (Lipinski definition) is 3. The summed E-state index contributed by atoms with van der Waals surface area (Å²) in [5.74, 6) is -0.368. The fraction of sp³-hybridized carbons (Fsp3) is 0.200. The molecule has 0 aliphatic carbocycles. The fourth-order valence-corrected chi connectivity index (χ4v) is 1.85. The Kier molecular flexibility index (Phi) is 4.40. The van der Waals surface area contributed by atoms with Crippen LogP contribution in [-0.2, 0) is 0 Å². The SMILES string of the molecule is CC(C(=O)c1ccc(OC(F)F)cc1)c1ccncc1. The van der Waals surface area contributed by atoms with Crippen molar-refractivity contribution < 1.29 is 18.3 Å². The smallest absolute Gasteiger partial charge is 0.387 e. The summed E-state index contributed by atoms with van der Waals surface area (Å²) in [6, 6.07) is 9.24. The van der Waals surface area contributed by atoms with E-state index in [0.717, 1.165) is 5.56 Å². The Morgan fingerprint density at radius 2 is 1.70 bits per heavy atom. The number of benzene rings is 1. The van der Waals surface area contributed by atoms with Crippen molar-refractivity contribution in [1.29, 1.82) is 0 Å². The minimum Gasteiger partial charge on any atom is -0.435 e. The molecule has 0 N–H and O–H groups in total. The Morgan fingerprint density at radius 3 is 2.25 bits per heavy atom. The van der Waals surface area contributed by atoms with E-state index in [0.29, 0.717) is 5.56 Å². The number of hydrogen-bond donors (Lipinski definition) is 0. The van der Waals surface area contributed by atoms with Crippen molar-refractivity contribution in [2.45, 2.75) is 19.5 Å². The average Bonchev–Trinajstić information content (AvgIpc) is 2.47. The summed E-state index contributed by atoms with van der Waals surface area (Å²) in [6.07, 6.45) is 3.25. The number of nitrogens with zero attached hydrogens (tertiary/aromatic N) is 1. The maximum atomic E-state index is 12.3. The third-order valence-corrected chi connectivity index (χ3v) is 2.96. The van der Waals surface area contributed by atoms with Crippen molar-refractivity contribution in [3.05, 3.63) is 59.9 Å². The first-order valence-corrected chi connectivity index (χ1v) is 6.07. The number of Topliss-reactive ketones (excluding diaryl/α,β-unsaturated/α-hetero) is 1. The van der Waals surface area contributed by atoms with Gasteiger partial charge in [-0.1, -0.05) is 6.92 Å². The maximum absolute atomic E-state index is 12.3. The van der Waals surface area contributed by atoms with Crippen LogP contribution >= 0.6 is 0 Å². The molecular weight excluding hydrogens is 264 g/mol. The predicted octanol–water partition coefficient (Wildman–Crippen LogP) is 3.67. The molecule has 0 aliphatic heterocycles. The van der Waals surface area contributed by atoms with Gasteiger partial charge in [-0.15, -0.1) is 0 Å². The van der Waals surface area contributed by atoms with Gasteiger partial charge in [0.1, 0.15) is 5.75 Å². The molecular formula is C15H13F2NO2. The Hall–Kier alpha value is -2.30. The summed E-state index contributed by atoms with van der Waals surface area (Å²) in [7, 11) is 0. The summed E-state index contributed by atoms with van der Waals surface area (Å²) in [5.41, 5.74) is 1.31. The number of alkyl halides is 2. The van der Waals surface area contributed by atoms with Crippen LogP contribution in [0.15, 0.2) is 48.8 Å². The standard InChI is InChI=1S/C15H13F2NO2/c1-10(11-6-8-18-9-7-11)14(19)12-2-4-13(5-3-12)20-15(16)17/h2-10,15H,1H3. The summed E-state index contributed by atoms with van der Waals surface area (Å²) in [5, 5.41) is 0. The molecule has 104 valence electrons. The number of ketones is 1. The van der Waals surface area contributed by atoms with Crippen LogP contribution in [0.25, 0.3) is 0 Å². The lowest BCUT2D eigenvalue weighted by molar-refractivity contribution is -0.0498. The zero-order chi connectivity index (χ0) is 14.5. The highest BCUT2D eigenvalue weighted by atomic mass is 19.3. The number of carbonyl (C=O) groups excluding carboxylic acids is 1. The molecule has 0 radical (unpaired) electrons. The molecule has 0 bridgehead atoms. The number of carbonyl (C=O) groups is 1. The van der Waals surface area contributed by atoms with Crippen molar-refractivity contribution in [2.75, 3.05) is 0 Å². The molecule has 2 rings (SSSR count). The normalized spacial score (nSPS) is 12.2. The van der Waals surface area contributed by atoms with Gasteiger partial charge in [-0.3, -0.25) is 9.78 Å². The predicted molar refractivity (Wildman–Crippen MR) is 70.1 cm³/mol. The summed E-state index contributed by atoms with van der Waals surface area (Å²) in [4.78, 5) is 16.2. The van der Waals surface area contributed by atoms with Gasteiger partial charge in [0.05, 0.1) is 0 Å². The Balaban J connectivity index is 2.13. The van der Waals surface area contributed by atoms with Gasteiger partial charge in [0.15, 0.2) is 5.78 Å². The number of rotatable bonds is 5. The molecule has 5 heteroatoms. The molecule has 0 saturated heterocycles. The lowest BCUT2D eigenvalue weighted by Crippen LogP contribution is -2.10. The van der Waals surface area contributed by atoms with Crippen molar-refractivity contribution in [3.63, 3.8) is 0 Å². The Labute approximate surface area is 115 Å². The molecule has 1 unspecified atom stereocenters. The first kappa shape index (κ1) is 14.1. The number of pyridine rings is 1. The first-order valence-electron chi connectivity index (χ1n) is 6.07. The number of ether oxygens (including phenoxy) is 1. The number of aromatic nitrogens is 1. The molecule has 20 heavy (non-hydrogen) atoms. The van der Waals surface area contributed by atoms with Gasteiger partial charge in [-0.2, -0.15) is 8.78 Å². The Morgan fingerprint density at radius 1 is 1.10 bits per heavy atom. The van der Waals surface area contributed by atoms with Crippen LogP contribution < -0.4 is 4.74 Å². The van der Waals surface area contributed by atoms with E-state index in [1.54, 1.807) is 31.5 Å². The van der Waals surface area contributed by atoms with E-state index in [4.69, 9.17) is 0 Å². The first-order chi connectivity index (χ1) is 9.58. The van der Waals surface area contributed by atoms with Gasteiger partial charge in [0, 0.05) is 23.9 Å². The van der Waals surface area contributed by atoms with Crippen LogP contribution in [0.2, 0.25) is 0 Å². The molecule has 1 heterocycles. The van der Waals surface area contributed by atoms with Crippen LogP contribution in [0.4, 0.5) is 8.78 Å². The van der Waals surface area contributed by atoms with Gasteiger partial charge in [-0.05, 0) is 42.0 Å². The van der Waals surface area contributed by atoms with Crippen LogP contribution in [0.5, 0.6) is 5.75 Å². The average molecular weight is 277 g/mol. The van der Waals surface area contributed by atoms with E-state index in [9.17, 15) is 13.6 Å². The quantitative estimate of drug-likeness (QED) is 0.783. The van der Waals surface area contributed by atoms with E-state index in [-0.39, 0.29) is 17.5 Å². The van der Waals surface area contributed by atoms with Crippen LogP contribution in [0.1, 0.15) is 28.8 Å². The van der Waals surface area contributed by atoms with Crippen molar-refractivity contribution in [2.24, 2.45) is 0 Å². The van der Waals surface area contributed by atoms with Crippen molar-refractivity contribution in [1.82, 2.24) is 4.98 Å².